The van der Waals surface area contributed by atoms with Crippen LogP contribution in [0.4, 0.5) is 0 Å². The monoisotopic (exact) mass is 277 g/mol. The molecule has 1 aromatic heterocycles. The number of rotatable bonds is 3. The van der Waals surface area contributed by atoms with E-state index in [9.17, 15) is 10.4 Å². The molecule has 3 heteroatoms. The van der Waals surface area contributed by atoms with E-state index >= 15 is 0 Å². The molecule has 1 saturated carbocycles. The Kier molecular flexibility index (Phi) is 5.01. The lowest BCUT2D eigenvalue weighted by atomic mass is 9.73. The molecule has 0 bridgehead atoms. The second-order valence-electron chi connectivity index (χ2n) is 5.60. The van der Waals surface area contributed by atoms with Crippen molar-refractivity contribution in [2.45, 2.75) is 64.4 Å². The molecule has 1 aromatic rings. The van der Waals surface area contributed by atoms with Gasteiger partial charge in [-0.2, -0.15) is 5.26 Å². The number of thiophene rings is 1. The molecule has 0 aliphatic heterocycles. The van der Waals surface area contributed by atoms with E-state index in [0.717, 1.165) is 37.0 Å². The first-order valence-electron chi connectivity index (χ1n) is 7.40. The third kappa shape index (κ3) is 3.19. The van der Waals surface area contributed by atoms with Crippen LogP contribution in [0, 0.1) is 16.7 Å². The van der Waals surface area contributed by atoms with E-state index in [1.54, 1.807) is 11.3 Å². The Morgan fingerprint density at radius 2 is 1.89 bits per heavy atom. The summed E-state index contributed by atoms with van der Waals surface area (Å²) in [6.07, 6.45) is 7.86. The maximum Gasteiger partial charge on any atom is 0.107 e. The van der Waals surface area contributed by atoms with Crippen LogP contribution in [0.2, 0.25) is 0 Å². The molecule has 19 heavy (non-hydrogen) atoms. The largest absolute Gasteiger partial charge is 0.386 e. The Labute approximate surface area is 120 Å². The van der Waals surface area contributed by atoms with Gasteiger partial charge in [-0.15, -0.1) is 11.3 Å². The molecule has 1 fully saturated rings. The first-order chi connectivity index (χ1) is 9.22. The van der Waals surface area contributed by atoms with Crippen molar-refractivity contribution in [1.82, 2.24) is 0 Å². The van der Waals surface area contributed by atoms with E-state index in [1.165, 1.54) is 24.1 Å². The summed E-state index contributed by atoms with van der Waals surface area (Å²) in [6, 6.07) is 6.55. The van der Waals surface area contributed by atoms with Crippen LogP contribution in [0.1, 0.15) is 67.7 Å². The maximum atomic E-state index is 10.7. The van der Waals surface area contributed by atoms with Gasteiger partial charge in [0.15, 0.2) is 0 Å². The lowest BCUT2D eigenvalue weighted by molar-refractivity contribution is 0.0463. The second-order valence-corrected chi connectivity index (χ2v) is 6.80. The van der Waals surface area contributed by atoms with Crippen molar-refractivity contribution in [2.75, 3.05) is 0 Å². The molecule has 2 nitrogen and oxygen atoms in total. The van der Waals surface area contributed by atoms with Crippen LogP contribution < -0.4 is 0 Å². The molecule has 1 aliphatic carbocycles. The van der Waals surface area contributed by atoms with Gasteiger partial charge >= 0.3 is 0 Å². The average molecular weight is 277 g/mol. The van der Waals surface area contributed by atoms with Gasteiger partial charge in [0.05, 0.1) is 11.5 Å². The Morgan fingerprint density at radius 3 is 2.42 bits per heavy atom. The van der Waals surface area contributed by atoms with Crippen LogP contribution >= 0.6 is 11.3 Å². The molecule has 1 heterocycles. The summed E-state index contributed by atoms with van der Waals surface area (Å²) in [5.74, 6) is 0. The van der Waals surface area contributed by atoms with E-state index in [1.807, 2.05) is 6.07 Å². The zero-order chi connectivity index (χ0) is 13.7. The molecule has 0 aromatic carbocycles. The van der Waals surface area contributed by atoms with Gasteiger partial charge in [0.25, 0.3) is 0 Å². The minimum absolute atomic E-state index is 0.559. The van der Waals surface area contributed by atoms with Gasteiger partial charge in [0.1, 0.15) is 6.10 Å². The number of aliphatic hydroxyl groups excluding tert-OH is 1. The quantitative estimate of drug-likeness (QED) is 0.877. The van der Waals surface area contributed by atoms with Crippen LogP contribution in [-0.2, 0) is 6.42 Å². The molecule has 2 rings (SSSR count). The molecular formula is C16H23NOS. The Morgan fingerprint density at radius 1 is 1.26 bits per heavy atom. The minimum atomic E-state index is -0.610. The smallest absolute Gasteiger partial charge is 0.107 e. The Balaban J connectivity index is 2.20. The average Bonchev–Trinajstić information content (AvgIpc) is 2.87. The fourth-order valence-corrected chi connectivity index (χ4v) is 4.04. The predicted molar refractivity (Wildman–Crippen MR) is 79.0 cm³/mol. The van der Waals surface area contributed by atoms with E-state index < -0.39 is 11.5 Å². The summed E-state index contributed by atoms with van der Waals surface area (Å²) in [6.45, 7) is 2.12. The molecule has 0 amide bonds. The van der Waals surface area contributed by atoms with Crippen LogP contribution in [-0.4, -0.2) is 5.11 Å². The number of nitrogens with zero attached hydrogens (tertiary/aromatic N) is 1. The fourth-order valence-electron chi connectivity index (χ4n) is 2.99. The zero-order valence-corrected chi connectivity index (χ0v) is 12.5. The van der Waals surface area contributed by atoms with Crippen molar-refractivity contribution >= 4 is 11.3 Å². The van der Waals surface area contributed by atoms with Crippen LogP contribution in [0.3, 0.4) is 0 Å². The van der Waals surface area contributed by atoms with Crippen molar-refractivity contribution in [3.8, 4) is 6.07 Å². The zero-order valence-electron chi connectivity index (χ0n) is 11.7. The molecule has 0 radical (unpaired) electrons. The first-order valence-corrected chi connectivity index (χ1v) is 8.21. The number of aryl methyl sites for hydroxylation is 1. The molecular weight excluding hydrogens is 254 g/mol. The van der Waals surface area contributed by atoms with E-state index in [4.69, 9.17) is 0 Å². The summed E-state index contributed by atoms with van der Waals surface area (Å²) >= 11 is 1.66. The molecule has 1 N–H and O–H groups in total. The van der Waals surface area contributed by atoms with Gasteiger partial charge in [0, 0.05) is 9.75 Å². The Bertz CT molecular complexity index is 438. The highest BCUT2D eigenvalue weighted by molar-refractivity contribution is 7.12. The normalized spacial score (nSPS) is 21.1. The van der Waals surface area contributed by atoms with Gasteiger partial charge in [0.2, 0.25) is 0 Å². The van der Waals surface area contributed by atoms with E-state index in [2.05, 4.69) is 19.1 Å². The Hall–Kier alpha value is -0.850. The third-order valence-corrected chi connectivity index (χ3v) is 5.57. The lowest BCUT2D eigenvalue weighted by Gasteiger charge is -2.32. The van der Waals surface area contributed by atoms with E-state index in [-0.39, 0.29) is 0 Å². The summed E-state index contributed by atoms with van der Waals surface area (Å²) < 4.78 is 0. The summed E-state index contributed by atoms with van der Waals surface area (Å²) in [5.41, 5.74) is -0.559. The van der Waals surface area contributed by atoms with Gasteiger partial charge in [-0.1, -0.05) is 39.0 Å². The number of nitriles is 1. The molecule has 1 atom stereocenters. The highest BCUT2D eigenvalue weighted by Gasteiger charge is 2.39. The molecule has 1 unspecified atom stereocenters. The SMILES string of the molecule is CCc1ccc(C(O)C2(C#N)CCCCCCC2)s1. The van der Waals surface area contributed by atoms with Crippen LogP contribution in [0.25, 0.3) is 0 Å². The lowest BCUT2D eigenvalue weighted by Crippen LogP contribution is -2.28. The number of hydrogen-bond acceptors (Lipinski definition) is 3. The highest BCUT2D eigenvalue weighted by Crippen LogP contribution is 2.45. The maximum absolute atomic E-state index is 10.7. The minimum Gasteiger partial charge on any atom is -0.386 e. The van der Waals surface area contributed by atoms with Crippen molar-refractivity contribution in [2.24, 2.45) is 5.41 Å². The van der Waals surface area contributed by atoms with Crippen LogP contribution in [0.5, 0.6) is 0 Å². The predicted octanol–water partition coefficient (Wildman–Crippen LogP) is 4.60. The summed E-state index contributed by atoms with van der Waals surface area (Å²) in [5, 5.41) is 20.4. The topological polar surface area (TPSA) is 44.0 Å². The summed E-state index contributed by atoms with van der Waals surface area (Å²) in [4.78, 5) is 2.26. The van der Waals surface area contributed by atoms with Crippen molar-refractivity contribution < 1.29 is 5.11 Å². The van der Waals surface area contributed by atoms with Gasteiger partial charge in [-0.3, -0.25) is 0 Å². The molecule has 1 aliphatic rings. The van der Waals surface area contributed by atoms with Crippen molar-refractivity contribution in [3.05, 3.63) is 21.9 Å². The summed E-state index contributed by atoms with van der Waals surface area (Å²) in [7, 11) is 0. The second kappa shape index (κ2) is 6.54. The third-order valence-electron chi connectivity index (χ3n) is 4.29. The number of aliphatic hydroxyl groups is 1. The molecule has 0 saturated heterocycles. The van der Waals surface area contributed by atoms with Crippen molar-refractivity contribution in [3.63, 3.8) is 0 Å². The molecule has 0 spiro atoms. The van der Waals surface area contributed by atoms with Gasteiger partial charge in [-0.25, -0.2) is 0 Å². The highest BCUT2D eigenvalue weighted by atomic mass is 32.1. The van der Waals surface area contributed by atoms with Gasteiger partial charge in [-0.05, 0) is 31.4 Å². The van der Waals surface area contributed by atoms with Crippen LogP contribution in [0.15, 0.2) is 12.1 Å². The fraction of sp³-hybridized carbons (Fsp3) is 0.688. The number of hydrogen-bond donors (Lipinski definition) is 1. The molecule has 104 valence electrons. The van der Waals surface area contributed by atoms with Crippen molar-refractivity contribution in [1.29, 1.82) is 5.26 Å². The van der Waals surface area contributed by atoms with Gasteiger partial charge < -0.3 is 5.11 Å². The standard InChI is InChI=1S/C16H23NOS/c1-2-13-8-9-14(19-13)15(18)16(12-17)10-6-4-3-5-7-11-16/h8-9,15,18H,2-7,10-11H2,1H3. The van der Waals surface area contributed by atoms with E-state index in [0.29, 0.717) is 0 Å². The first kappa shape index (κ1) is 14.6.